The molecular weight excluding hydrogens is 226 g/mol. The maximum Gasteiger partial charge on any atom is 0.123 e. The van der Waals surface area contributed by atoms with Gasteiger partial charge in [0, 0.05) is 11.6 Å². The number of benzene rings is 1. The van der Waals surface area contributed by atoms with Crippen molar-refractivity contribution in [2.24, 2.45) is 5.41 Å². The molecule has 0 amide bonds. The molecule has 1 atom stereocenters. The van der Waals surface area contributed by atoms with Gasteiger partial charge in [-0.3, -0.25) is 0 Å². The predicted octanol–water partition coefficient (Wildman–Crippen LogP) is 3.40. The molecule has 0 aliphatic heterocycles. The molecule has 1 aromatic carbocycles. The third kappa shape index (κ3) is 3.39. The Morgan fingerprint density at radius 1 is 1.17 bits per heavy atom. The molecule has 0 fully saturated rings. The van der Waals surface area contributed by atoms with Crippen LogP contribution in [0.2, 0.25) is 0 Å². The maximum absolute atomic E-state index is 5.47. The van der Waals surface area contributed by atoms with Crippen LogP contribution in [0.4, 0.5) is 0 Å². The van der Waals surface area contributed by atoms with Crippen LogP contribution >= 0.6 is 0 Å². The Balaban J connectivity index is 3.24. The molecule has 1 rings (SSSR count). The largest absolute Gasteiger partial charge is 0.497 e. The van der Waals surface area contributed by atoms with Crippen LogP contribution in [0.25, 0.3) is 0 Å². The van der Waals surface area contributed by atoms with Gasteiger partial charge in [0.15, 0.2) is 0 Å². The highest BCUT2D eigenvalue weighted by Gasteiger charge is 2.28. The average molecular weight is 251 g/mol. The fraction of sp³-hybridized carbons (Fsp3) is 0.600. The fourth-order valence-electron chi connectivity index (χ4n) is 2.15. The van der Waals surface area contributed by atoms with Crippen LogP contribution in [0.15, 0.2) is 18.2 Å². The van der Waals surface area contributed by atoms with Crippen molar-refractivity contribution in [3.05, 3.63) is 23.8 Å². The van der Waals surface area contributed by atoms with Crippen LogP contribution in [0.3, 0.4) is 0 Å². The van der Waals surface area contributed by atoms with Crippen molar-refractivity contribution in [1.29, 1.82) is 0 Å². The predicted molar refractivity (Wildman–Crippen MR) is 75.4 cm³/mol. The van der Waals surface area contributed by atoms with E-state index in [0.29, 0.717) is 0 Å². The number of rotatable bonds is 5. The summed E-state index contributed by atoms with van der Waals surface area (Å²) in [6.07, 6.45) is 0. The van der Waals surface area contributed by atoms with Gasteiger partial charge in [-0.2, -0.15) is 0 Å². The summed E-state index contributed by atoms with van der Waals surface area (Å²) in [5.41, 5.74) is 1.25. The van der Waals surface area contributed by atoms with Crippen molar-refractivity contribution in [2.45, 2.75) is 33.7 Å². The van der Waals surface area contributed by atoms with E-state index in [1.54, 1.807) is 14.2 Å². The summed E-state index contributed by atoms with van der Waals surface area (Å²) in [5, 5.41) is 3.53. The van der Waals surface area contributed by atoms with Crippen molar-refractivity contribution < 1.29 is 9.47 Å². The lowest BCUT2D eigenvalue weighted by Gasteiger charge is -2.33. The molecule has 1 N–H and O–H groups in total. The summed E-state index contributed by atoms with van der Waals surface area (Å²) in [6.45, 7) is 9.70. The van der Waals surface area contributed by atoms with E-state index < -0.39 is 0 Å². The molecule has 1 aromatic rings. The summed E-state index contributed by atoms with van der Waals surface area (Å²) in [6, 6.07) is 6.17. The minimum absolute atomic E-state index is 0.107. The Morgan fingerprint density at radius 3 is 2.28 bits per heavy atom. The van der Waals surface area contributed by atoms with Gasteiger partial charge in [-0.05, 0) is 30.2 Å². The van der Waals surface area contributed by atoms with Gasteiger partial charge in [0.2, 0.25) is 0 Å². The standard InChI is InChI=1S/C15H25NO2/c1-7-16-14(15(2,3)4)12-10-11(17-5)8-9-13(12)18-6/h8-10,14,16H,7H2,1-6H3. The van der Waals surface area contributed by atoms with Gasteiger partial charge in [-0.25, -0.2) is 0 Å². The highest BCUT2D eigenvalue weighted by molar-refractivity contribution is 5.43. The number of hydrogen-bond donors (Lipinski definition) is 1. The lowest BCUT2D eigenvalue weighted by Crippen LogP contribution is -2.32. The molecule has 1 unspecified atom stereocenters. The van der Waals surface area contributed by atoms with E-state index >= 15 is 0 Å². The highest BCUT2D eigenvalue weighted by atomic mass is 16.5. The molecule has 0 aliphatic rings. The molecule has 18 heavy (non-hydrogen) atoms. The highest BCUT2D eigenvalue weighted by Crippen LogP contribution is 2.39. The van der Waals surface area contributed by atoms with Gasteiger partial charge in [0.05, 0.1) is 14.2 Å². The first kappa shape index (κ1) is 14.8. The second-order valence-corrected chi connectivity index (χ2v) is 5.46. The van der Waals surface area contributed by atoms with Crippen LogP contribution in [-0.4, -0.2) is 20.8 Å². The third-order valence-electron chi connectivity index (χ3n) is 3.02. The molecule has 3 nitrogen and oxygen atoms in total. The van der Waals surface area contributed by atoms with Crippen molar-refractivity contribution in [2.75, 3.05) is 20.8 Å². The van der Waals surface area contributed by atoms with Gasteiger partial charge in [-0.1, -0.05) is 27.7 Å². The summed E-state index contributed by atoms with van der Waals surface area (Å²) >= 11 is 0. The maximum atomic E-state index is 5.47. The first-order valence-corrected chi connectivity index (χ1v) is 6.39. The second kappa shape index (κ2) is 6.10. The minimum atomic E-state index is 0.107. The van der Waals surface area contributed by atoms with Crippen molar-refractivity contribution in [3.8, 4) is 11.5 Å². The van der Waals surface area contributed by atoms with E-state index in [2.05, 4.69) is 39.1 Å². The van der Waals surface area contributed by atoms with Gasteiger partial charge in [0.25, 0.3) is 0 Å². The Hall–Kier alpha value is -1.22. The number of hydrogen-bond acceptors (Lipinski definition) is 3. The Bertz CT molecular complexity index is 383. The van der Waals surface area contributed by atoms with Gasteiger partial charge in [0.1, 0.15) is 11.5 Å². The van der Waals surface area contributed by atoms with E-state index in [-0.39, 0.29) is 11.5 Å². The van der Waals surface area contributed by atoms with Gasteiger partial charge < -0.3 is 14.8 Å². The van der Waals surface area contributed by atoms with Crippen molar-refractivity contribution in [3.63, 3.8) is 0 Å². The Kier molecular flexibility index (Phi) is 5.03. The van der Waals surface area contributed by atoms with Gasteiger partial charge >= 0.3 is 0 Å². The van der Waals surface area contributed by atoms with Crippen LogP contribution in [-0.2, 0) is 0 Å². The molecule has 0 heterocycles. The number of nitrogens with one attached hydrogen (secondary N) is 1. The fourth-order valence-corrected chi connectivity index (χ4v) is 2.15. The molecule has 0 radical (unpaired) electrons. The smallest absolute Gasteiger partial charge is 0.123 e. The van der Waals surface area contributed by atoms with E-state index in [0.717, 1.165) is 23.6 Å². The molecule has 0 aliphatic carbocycles. The summed E-state index contributed by atoms with van der Waals surface area (Å²) in [7, 11) is 3.39. The van der Waals surface area contributed by atoms with Gasteiger partial charge in [-0.15, -0.1) is 0 Å². The average Bonchev–Trinajstić information content (AvgIpc) is 2.33. The SMILES string of the molecule is CCNC(c1cc(OC)ccc1OC)C(C)(C)C. The Labute approximate surface area is 110 Å². The minimum Gasteiger partial charge on any atom is -0.497 e. The zero-order valence-electron chi connectivity index (χ0n) is 12.3. The quantitative estimate of drug-likeness (QED) is 0.870. The lowest BCUT2D eigenvalue weighted by molar-refractivity contribution is 0.267. The molecule has 0 saturated heterocycles. The molecular formula is C15H25NO2. The number of methoxy groups -OCH3 is 2. The van der Waals surface area contributed by atoms with E-state index in [1.807, 2.05) is 12.1 Å². The zero-order chi connectivity index (χ0) is 13.8. The van der Waals surface area contributed by atoms with Crippen molar-refractivity contribution >= 4 is 0 Å². The molecule has 0 spiro atoms. The zero-order valence-corrected chi connectivity index (χ0v) is 12.3. The number of ether oxygens (including phenoxy) is 2. The summed E-state index contributed by atoms with van der Waals surface area (Å²) in [5.74, 6) is 1.76. The topological polar surface area (TPSA) is 30.5 Å². The van der Waals surface area contributed by atoms with E-state index in [1.165, 1.54) is 0 Å². The van der Waals surface area contributed by atoms with E-state index in [9.17, 15) is 0 Å². The molecule has 0 saturated carbocycles. The van der Waals surface area contributed by atoms with Crippen LogP contribution in [0.1, 0.15) is 39.3 Å². The van der Waals surface area contributed by atoms with Crippen LogP contribution in [0.5, 0.6) is 11.5 Å². The monoisotopic (exact) mass is 251 g/mol. The normalized spacial score (nSPS) is 13.2. The summed E-state index contributed by atoms with van der Waals surface area (Å²) in [4.78, 5) is 0. The molecule has 102 valence electrons. The first-order chi connectivity index (χ1) is 8.43. The Morgan fingerprint density at radius 2 is 1.83 bits per heavy atom. The second-order valence-electron chi connectivity index (χ2n) is 5.46. The molecule has 3 heteroatoms. The van der Waals surface area contributed by atoms with Crippen LogP contribution < -0.4 is 14.8 Å². The van der Waals surface area contributed by atoms with E-state index in [4.69, 9.17) is 9.47 Å². The van der Waals surface area contributed by atoms with Crippen LogP contribution in [0, 0.1) is 5.41 Å². The summed E-state index contributed by atoms with van der Waals surface area (Å²) < 4.78 is 10.8. The first-order valence-electron chi connectivity index (χ1n) is 6.39. The third-order valence-corrected chi connectivity index (χ3v) is 3.02. The molecule has 0 bridgehead atoms. The van der Waals surface area contributed by atoms with Crippen molar-refractivity contribution in [1.82, 2.24) is 5.32 Å². The lowest BCUT2D eigenvalue weighted by atomic mass is 9.82. The molecule has 0 aromatic heterocycles.